The van der Waals surface area contributed by atoms with Crippen LogP contribution in [0.3, 0.4) is 0 Å². The van der Waals surface area contributed by atoms with E-state index < -0.39 is 8.32 Å². The largest absolute Gasteiger partial charge is 0.414 e. The molecule has 5 atom stereocenters. The van der Waals surface area contributed by atoms with Gasteiger partial charge >= 0.3 is 0 Å². The van der Waals surface area contributed by atoms with Gasteiger partial charge in [-0.1, -0.05) is 34.6 Å². The van der Waals surface area contributed by atoms with E-state index in [4.69, 9.17) is 4.43 Å². The Hall–Kier alpha value is -0.153. The van der Waals surface area contributed by atoms with E-state index in [-0.39, 0.29) is 11.0 Å². The van der Waals surface area contributed by atoms with Gasteiger partial charge in [-0.15, -0.1) is 0 Å². The first-order valence-corrected chi connectivity index (χ1v) is 11.2. The number of fused-ring (bicyclic) bond motifs is 1. The van der Waals surface area contributed by atoms with Crippen LogP contribution in [-0.4, -0.2) is 20.2 Å². The molecule has 0 amide bonds. The SMILES string of the molecule is C[C@@H]1[C@H]2C(=O)CC[C@H](C)[C@@H]2C[C@H]1O[Si](C)(C)C(C)(C)C. The van der Waals surface area contributed by atoms with Gasteiger partial charge in [0, 0.05) is 18.4 Å². The van der Waals surface area contributed by atoms with Crippen LogP contribution in [0.15, 0.2) is 0 Å². The maximum atomic E-state index is 12.3. The monoisotopic (exact) mass is 296 g/mol. The van der Waals surface area contributed by atoms with Gasteiger partial charge in [0.2, 0.25) is 0 Å². The lowest BCUT2D eigenvalue weighted by molar-refractivity contribution is -0.128. The topological polar surface area (TPSA) is 26.3 Å². The zero-order valence-electron chi connectivity index (χ0n) is 14.3. The summed E-state index contributed by atoms with van der Waals surface area (Å²) in [5, 5.41) is 0.246. The molecule has 2 saturated carbocycles. The van der Waals surface area contributed by atoms with E-state index in [0.29, 0.717) is 29.6 Å². The summed E-state index contributed by atoms with van der Waals surface area (Å²) >= 11 is 0. The third-order valence-corrected chi connectivity index (χ3v) is 10.8. The Morgan fingerprint density at radius 3 is 2.30 bits per heavy atom. The summed E-state index contributed by atoms with van der Waals surface area (Å²) in [6.45, 7) is 16.1. The van der Waals surface area contributed by atoms with Gasteiger partial charge in [0.15, 0.2) is 8.32 Å². The van der Waals surface area contributed by atoms with Crippen molar-refractivity contribution in [2.45, 2.75) is 78.1 Å². The van der Waals surface area contributed by atoms with Gasteiger partial charge in [-0.2, -0.15) is 0 Å². The molecule has 0 aromatic heterocycles. The fourth-order valence-corrected chi connectivity index (χ4v) is 5.25. The molecule has 0 radical (unpaired) electrons. The second kappa shape index (κ2) is 5.24. The highest BCUT2D eigenvalue weighted by atomic mass is 28.4. The Kier molecular flexibility index (Phi) is 4.25. The number of rotatable bonds is 2. The van der Waals surface area contributed by atoms with Crippen LogP contribution in [0.1, 0.15) is 53.9 Å². The van der Waals surface area contributed by atoms with Gasteiger partial charge in [-0.3, -0.25) is 4.79 Å². The van der Waals surface area contributed by atoms with Gasteiger partial charge in [-0.25, -0.2) is 0 Å². The first-order valence-electron chi connectivity index (χ1n) is 8.25. The highest BCUT2D eigenvalue weighted by molar-refractivity contribution is 6.74. The van der Waals surface area contributed by atoms with Crippen LogP contribution in [0.5, 0.6) is 0 Å². The third kappa shape index (κ3) is 2.76. The number of carbonyl (C=O) groups excluding carboxylic acids is 1. The quantitative estimate of drug-likeness (QED) is 0.693. The molecule has 0 bridgehead atoms. The summed E-state index contributed by atoms with van der Waals surface area (Å²) in [4.78, 5) is 12.3. The molecule has 3 heteroatoms. The normalized spacial score (nSPS) is 39.0. The molecule has 2 aliphatic carbocycles. The molecule has 0 spiro atoms. The summed E-state index contributed by atoms with van der Waals surface area (Å²) in [5.74, 6) is 2.44. The average molecular weight is 297 g/mol. The average Bonchev–Trinajstić information content (AvgIpc) is 2.61. The number of carbonyl (C=O) groups is 1. The summed E-state index contributed by atoms with van der Waals surface area (Å²) in [6.07, 6.45) is 3.28. The fourth-order valence-electron chi connectivity index (χ4n) is 3.83. The Morgan fingerprint density at radius 2 is 1.80 bits per heavy atom. The van der Waals surface area contributed by atoms with Crippen LogP contribution in [0.25, 0.3) is 0 Å². The molecule has 0 aromatic rings. The lowest BCUT2D eigenvalue weighted by atomic mass is 9.72. The minimum atomic E-state index is -1.73. The molecule has 116 valence electrons. The summed E-state index contributed by atoms with van der Waals surface area (Å²) in [6, 6.07) is 0. The van der Waals surface area contributed by atoms with Crippen LogP contribution in [0, 0.1) is 23.7 Å². The van der Waals surface area contributed by atoms with Gasteiger partial charge in [0.1, 0.15) is 5.78 Å². The number of ketones is 1. The lowest BCUT2D eigenvalue weighted by Gasteiger charge is -2.39. The number of Topliss-reactive ketones (excluding diaryl/α,β-unsaturated/α-hetero) is 1. The smallest absolute Gasteiger partial charge is 0.192 e. The maximum absolute atomic E-state index is 12.3. The number of hydrogen-bond donors (Lipinski definition) is 0. The maximum Gasteiger partial charge on any atom is 0.192 e. The van der Waals surface area contributed by atoms with Crippen LogP contribution in [0.2, 0.25) is 18.1 Å². The Balaban J connectivity index is 2.14. The van der Waals surface area contributed by atoms with Crippen molar-refractivity contribution in [2.75, 3.05) is 0 Å². The summed E-state index contributed by atoms with van der Waals surface area (Å²) in [7, 11) is -1.73. The van der Waals surface area contributed by atoms with Crippen molar-refractivity contribution in [3.63, 3.8) is 0 Å². The van der Waals surface area contributed by atoms with Crippen molar-refractivity contribution in [3.8, 4) is 0 Å². The zero-order valence-corrected chi connectivity index (χ0v) is 15.3. The van der Waals surface area contributed by atoms with Crippen molar-refractivity contribution in [3.05, 3.63) is 0 Å². The molecule has 0 saturated heterocycles. The summed E-state index contributed by atoms with van der Waals surface area (Å²) < 4.78 is 6.65. The van der Waals surface area contributed by atoms with Gasteiger partial charge < -0.3 is 4.43 Å². The van der Waals surface area contributed by atoms with Crippen LogP contribution >= 0.6 is 0 Å². The Bertz CT molecular complexity index is 383. The van der Waals surface area contributed by atoms with Gasteiger partial charge in [-0.05, 0) is 48.7 Å². The van der Waals surface area contributed by atoms with E-state index in [0.717, 1.165) is 19.3 Å². The fraction of sp³-hybridized carbons (Fsp3) is 0.941. The lowest BCUT2D eigenvalue weighted by Crippen LogP contribution is -2.45. The zero-order chi connectivity index (χ0) is 15.3. The minimum Gasteiger partial charge on any atom is -0.414 e. The Labute approximate surface area is 125 Å². The van der Waals surface area contributed by atoms with Crippen LogP contribution in [-0.2, 0) is 9.22 Å². The minimum absolute atomic E-state index is 0.246. The summed E-state index contributed by atoms with van der Waals surface area (Å²) in [5.41, 5.74) is 0. The van der Waals surface area contributed by atoms with Crippen LogP contribution in [0.4, 0.5) is 0 Å². The molecule has 0 N–H and O–H groups in total. The first kappa shape index (κ1) is 16.2. The molecule has 2 aliphatic rings. The van der Waals surface area contributed by atoms with Crippen molar-refractivity contribution in [1.29, 1.82) is 0 Å². The second-order valence-electron chi connectivity index (χ2n) is 8.68. The van der Waals surface area contributed by atoms with E-state index in [1.54, 1.807) is 0 Å². The number of hydrogen-bond acceptors (Lipinski definition) is 2. The van der Waals surface area contributed by atoms with Crippen molar-refractivity contribution in [2.24, 2.45) is 23.7 Å². The van der Waals surface area contributed by atoms with Crippen molar-refractivity contribution >= 4 is 14.1 Å². The molecule has 0 aromatic carbocycles. The van der Waals surface area contributed by atoms with E-state index in [1.807, 2.05) is 0 Å². The molecular weight excluding hydrogens is 264 g/mol. The van der Waals surface area contributed by atoms with Crippen LogP contribution < -0.4 is 0 Å². The molecule has 0 heterocycles. The second-order valence-corrected chi connectivity index (χ2v) is 13.4. The van der Waals surface area contributed by atoms with Gasteiger partial charge in [0.05, 0.1) is 0 Å². The standard InChI is InChI=1S/C17H32O2Si/c1-11-8-9-14(18)16-12(2)15(10-13(11)16)19-20(6,7)17(3,4)5/h11-13,15-16H,8-10H2,1-7H3/t11-,12-,13-,15+,16+/m0/s1. The molecule has 20 heavy (non-hydrogen) atoms. The molecule has 2 fully saturated rings. The molecule has 0 aliphatic heterocycles. The molecular formula is C17H32O2Si. The van der Waals surface area contributed by atoms with E-state index >= 15 is 0 Å². The predicted octanol–water partition coefficient (Wildman–Crippen LogP) is 4.65. The van der Waals surface area contributed by atoms with E-state index in [1.165, 1.54) is 0 Å². The predicted molar refractivity (Wildman–Crippen MR) is 86.2 cm³/mol. The third-order valence-electron chi connectivity index (χ3n) is 6.32. The molecule has 0 unspecified atom stereocenters. The first-order chi connectivity index (χ1) is 9.04. The van der Waals surface area contributed by atoms with Crippen molar-refractivity contribution in [1.82, 2.24) is 0 Å². The highest BCUT2D eigenvalue weighted by Crippen LogP contribution is 2.50. The van der Waals surface area contributed by atoms with E-state index in [9.17, 15) is 4.79 Å². The van der Waals surface area contributed by atoms with Gasteiger partial charge in [0.25, 0.3) is 0 Å². The highest BCUT2D eigenvalue weighted by Gasteiger charge is 2.51. The van der Waals surface area contributed by atoms with E-state index in [2.05, 4.69) is 47.7 Å². The Morgan fingerprint density at radius 1 is 1.20 bits per heavy atom. The molecule has 2 nitrogen and oxygen atoms in total. The molecule has 2 rings (SSSR count). The van der Waals surface area contributed by atoms with Crippen molar-refractivity contribution < 1.29 is 9.22 Å².